The second-order valence-corrected chi connectivity index (χ2v) is 5.71. The Morgan fingerprint density at radius 1 is 1.38 bits per heavy atom. The van der Waals surface area contributed by atoms with E-state index in [9.17, 15) is 14.3 Å². The van der Waals surface area contributed by atoms with Crippen LogP contribution in [0.5, 0.6) is 0 Å². The van der Waals surface area contributed by atoms with E-state index < -0.39 is 18.2 Å². The van der Waals surface area contributed by atoms with E-state index in [0.717, 1.165) is 0 Å². The maximum Gasteiger partial charge on any atom is 0.249 e. The van der Waals surface area contributed by atoms with Crippen molar-refractivity contribution in [1.82, 2.24) is 5.32 Å². The van der Waals surface area contributed by atoms with Crippen molar-refractivity contribution in [1.29, 1.82) is 0 Å². The third-order valence-electron chi connectivity index (χ3n) is 3.70. The number of carbonyl (C=O) groups excluding carboxylic acids is 1. The summed E-state index contributed by atoms with van der Waals surface area (Å²) in [4.78, 5) is 12.0. The monoisotopic (exact) mass is 295 g/mol. The van der Waals surface area contributed by atoms with Crippen molar-refractivity contribution >= 4 is 5.91 Å². The van der Waals surface area contributed by atoms with Gasteiger partial charge in [-0.25, -0.2) is 4.39 Å². The summed E-state index contributed by atoms with van der Waals surface area (Å²) in [6.07, 6.45) is 0.931. The standard InChI is InChI=1S/C16H22FNO3/c1-10(15(19)13-5-7-14(17)8-6-13)18-16(20)11(2)21-9-12-3-4-12/h5-8,10-12,15,19H,3-4,9H2,1-2H3,(H,18,20). The minimum absolute atomic E-state index is 0.246. The summed E-state index contributed by atoms with van der Waals surface area (Å²) < 4.78 is 18.3. The van der Waals surface area contributed by atoms with Gasteiger partial charge in [0.25, 0.3) is 0 Å². The summed E-state index contributed by atoms with van der Waals surface area (Å²) in [5.74, 6) is -0.00322. The molecule has 1 saturated carbocycles. The lowest BCUT2D eigenvalue weighted by molar-refractivity contribution is -0.133. The predicted octanol–water partition coefficient (Wildman–Crippen LogP) is 2.18. The first kappa shape index (κ1) is 15.9. The van der Waals surface area contributed by atoms with Gasteiger partial charge < -0.3 is 15.2 Å². The zero-order valence-electron chi connectivity index (χ0n) is 12.4. The molecule has 5 heteroatoms. The van der Waals surface area contributed by atoms with Crippen LogP contribution in [0.4, 0.5) is 4.39 Å². The molecule has 0 radical (unpaired) electrons. The number of aliphatic hydroxyl groups excluding tert-OH is 1. The summed E-state index contributed by atoms with van der Waals surface area (Å²) in [7, 11) is 0. The molecule has 0 saturated heterocycles. The second kappa shape index (κ2) is 7.00. The van der Waals surface area contributed by atoms with Crippen LogP contribution in [0.1, 0.15) is 38.4 Å². The number of carbonyl (C=O) groups is 1. The molecular weight excluding hydrogens is 273 g/mol. The van der Waals surface area contributed by atoms with Crippen LogP contribution < -0.4 is 5.32 Å². The molecule has 3 atom stereocenters. The largest absolute Gasteiger partial charge is 0.386 e. The van der Waals surface area contributed by atoms with Crippen molar-refractivity contribution in [3.8, 4) is 0 Å². The Morgan fingerprint density at radius 3 is 2.57 bits per heavy atom. The van der Waals surface area contributed by atoms with Crippen molar-refractivity contribution in [2.75, 3.05) is 6.61 Å². The topological polar surface area (TPSA) is 58.6 Å². The Kier molecular flexibility index (Phi) is 5.31. The van der Waals surface area contributed by atoms with E-state index in [0.29, 0.717) is 18.1 Å². The van der Waals surface area contributed by atoms with Gasteiger partial charge in [-0.15, -0.1) is 0 Å². The summed E-state index contributed by atoms with van der Waals surface area (Å²) in [6, 6.07) is 5.11. The highest BCUT2D eigenvalue weighted by Gasteiger charge is 2.25. The maximum atomic E-state index is 12.9. The van der Waals surface area contributed by atoms with E-state index in [2.05, 4.69) is 5.32 Å². The van der Waals surface area contributed by atoms with Crippen LogP contribution in [0, 0.1) is 11.7 Å². The minimum Gasteiger partial charge on any atom is -0.386 e. The van der Waals surface area contributed by atoms with E-state index in [1.165, 1.54) is 37.1 Å². The Bertz CT molecular complexity index is 473. The molecule has 0 bridgehead atoms. The number of nitrogens with one attached hydrogen (secondary N) is 1. The molecule has 2 rings (SSSR count). The predicted molar refractivity (Wildman–Crippen MR) is 77.1 cm³/mol. The van der Waals surface area contributed by atoms with E-state index in [-0.39, 0.29) is 11.7 Å². The lowest BCUT2D eigenvalue weighted by atomic mass is 10.0. The van der Waals surface area contributed by atoms with Gasteiger partial charge in [-0.05, 0) is 50.3 Å². The summed E-state index contributed by atoms with van der Waals surface area (Å²) in [6.45, 7) is 4.03. The van der Waals surface area contributed by atoms with Crippen LogP contribution in [0.15, 0.2) is 24.3 Å². The third kappa shape index (κ3) is 4.79. The Hall–Kier alpha value is -1.46. The molecule has 1 aliphatic carbocycles. The Balaban J connectivity index is 1.82. The molecular formula is C16H22FNO3. The molecule has 1 aromatic carbocycles. The molecule has 0 aromatic heterocycles. The molecule has 0 spiro atoms. The molecule has 3 unspecified atom stereocenters. The highest BCUT2D eigenvalue weighted by Crippen LogP contribution is 2.29. The van der Waals surface area contributed by atoms with Gasteiger partial charge in [-0.2, -0.15) is 0 Å². The number of benzene rings is 1. The van der Waals surface area contributed by atoms with Gasteiger partial charge in [-0.3, -0.25) is 4.79 Å². The fourth-order valence-electron chi connectivity index (χ4n) is 2.01. The number of rotatable bonds is 7. The van der Waals surface area contributed by atoms with E-state index >= 15 is 0 Å². The zero-order valence-corrected chi connectivity index (χ0v) is 12.4. The van der Waals surface area contributed by atoms with Crippen molar-refractivity contribution in [3.63, 3.8) is 0 Å². The molecule has 4 nitrogen and oxygen atoms in total. The molecule has 1 fully saturated rings. The van der Waals surface area contributed by atoms with E-state index in [4.69, 9.17) is 4.74 Å². The van der Waals surface area contributed by atoms with Gasteiger partial charge in [0.1, 0.15) is 11.9 Å². The van der Waals surface area contributed by atoms with Crippen molar-refractivity contribution in [3.05, 3.63) is 35.6 Å². The van der Waals surface area contributed by atoms with Crippen LogP contribution in [0.3, 0.4) is 0 Å². The normalized spacial score (nSPS) is 18.9. The van der Waals surface area contributed by atoms with E-state index in [1.807, 2.05) is 0 Å². The lowest BCUT2D eigenvalue weighted by Gasteiger charge is -2.22. The summed E-state index contributed by atoms with van der Waals surface area (Å²) >= 11 is 0. The Morgan fingerprint density at radius 2 is 2.00 bits per heavy atom. The number of halogens is 1. The third-order valence-corrected chi connectivity index (χ3v) is 3.70. The number of hydrogen-bond donors (Lipinski definition) is 2. The van der Waals surface area contributed by atoms with Gasteiger partial charge in [0.05, 0.1) is 18.8 Å². The minimum atomic E-state index is -0.884. The highest BCUT2D eigenvalue weighted by atomic mass is 19.1. The van der Waals surface area contributed by atoms with Crippen molar-refractivity contribution in [2.45, 2.75) is 44.9 Å². The zero-order chi connectivity index (χ0) is 15.4. The SMILES string of the molecule is CC(OCC1CC1)C(=O)NC(C)C(O)c1ccc(F)cc1. The molecule has 1 aliphatic rings. The lowest BCUT2D eigenvalue weighted by Crippen LogP contribution is -2.42. The molecule has 0 heterocycles. The van der Waals surface area contributed by atoms with Crippen molar-refractivity contribution < 1.29 is 19.0 Å². The number of hydrogen-bond acceptors (Lipinski definition) is 3. The molecule has 116 valence electrons. The fourth-order valence-corrected chi connectivity index (χ4v) is 2.01. The number of aliphatic hydroxyl groups is 1. The van der Waals surface area contributed by atoms with Gasteiger partial charge in [0, 0.05) is 0 Å². The van der Waals surface area contributed by atoms with Gasteiger partial charge in [0.15, 0.2) is 0 Å². The van der Waals surface area contributed by atoms with Crippen LogP contribution in [-0.2, 0) is 9.53 Å². The van der Waals surface area contributed by atoms with Gasteiger partial charge in [0.2, 0.25) is 5.91 Å². The molecule has 2 N–H and O–H groups in total. The van der Waals surface area contributed by atoms with Crippen LogP contribution in [0.2, 0.25) is 0 Å². The first-order chi connectivity index (χ1) is 9.97. The summed E-state index contributed by atoms with van der Waals surface area (Å²) in [5, 5.41) is 12.9. The molecule has 0 aliphatic heterocycles. The van der Waals surface area contributed by atoms with Gasteiger partial charge >= 0.3 is 0 Å². The highest BCUT2D eigenvalue weighted by molar-refractivity contribution is 5.80. The van der Waals surface area contributed by atoms with Crippen LogP contribution in [-0.4, -0.2) is 29.8 Å². The smallest absolute Gasteiger partial charge is 0.249 e. The maximum absolute atomic E-state index is 12.9. The first-order valence-corrected chi connectivity index (χ1v) is 7.33. The average Bonchev–Trinajstić information content (AvgIpc) is 3.28. The Labute approximate surface area is 124 Å². The van der Waals surface area contributed by atoms with Crippen LogP contribution in [0.25, 0.3) is 0 Å². The molecule has 1 amide bonds. The molecule has 21 heavy (non-hydrogen) atoms. The van der Waals surface area contributed by atoms with Crippen LogP contribution >= 0.6 is 0 Å². The van der Waals surface area contributed by atoms with Gasteiger partial charge in [-0.1, -0.05) is 12.1 Å². The number of amides is 1. The van der Waals surface area contributed by atoms with E-state index in [1.54, 1.807) is 13.8 Å². The van der Waals surface area contributed by atoms with Crippen molar-refractivity contribution in [2.24, 2.45) is 5.92 Å². The quantitative estimate of drug-likeness (QED) is 0.810. The average molecular weight is 295 g/mol. The number of ether oxygens (including phenoxy) is 1. The fraction of sp³-hybridized carbons (Fsp3) is 0.562. The summed E-state index contributed by atoms with van der Waals surface area (Å²) in [5.41, 5.74) is 0.566. The second-order valence-electron chi connectivity index (χ2n) is 5.71. The first-order valence-electron chi connectivity index (χ1n) is 7.33. The molecule has 1 aromatic rings.